The molecule has 6 heteroatoms. The zero-order valence-corrected chi connectivity index (χ0v) is 15.8. The van der Waals surface area contributed by atoms with E-state index in [0.29, 0.717) is 18.7 Å². The van der Waals surface area contributed by atoms with Crippen LogP contribution in [-0.2, 0) is 11.3 Å². The fourth-order valence-electron chi connectivity index (χ4n) is 4.32. The second-order valence-corrected chi connectivity index (χ2v) is 7.63. The summed E-state index contributed by atoms with van der Waals surface area (Å²) in [7, 11) is 0. The molecule has 148 valence electrons. The Morgan fingerprint density at radius 3 is 2.62 bits per heavy atom. The number of amides is 1. The predicted octanol–water partition coefficient (Wildman–Crippen LogP) is 5.07. The van der Waals surface area contributed by atoms with Gasteiger partial charge in [-0.05, 0) is 60.5 Å². The van der Waals surface area contributed by atoms with E-state index in [-0.39, 0.29) is 30.0 Å². The van der Waals surface area contributed by atoms with Crippen molar-refractivity contribution in [3.8, 4) is 0 Å². The summed E-state index contributed by atoms with van der Waals surface area (Å²) in [5, 5.41) is 1.86. The first-order chi connectivity index (χ1) is 14.1. The van der Waals surface area contributed by atoms with Crippen LogP contribution in [0.25, 0.3) is 21.9 Å². The first kappa shape index (κ1) is 17.9. The number of furan rings is 1. The summed E-state index contributed by atoms with van der Waals surface area (Å²) in [4.78, 5) is 14.7. The van der Waals surface area contributed by atoms with Crippen molar-refractivity contribution in [2.24, 2.45) is 0 Å². The zero-order chi connectivity index (χ0) is 20.0. The van der Waals surface area contributed by atoms with Gasteiger partial charge in [-0.25, -0.2) is 8.78 Å². The van der Waals surface area contributed by atoms with Gasteiger partial charge in [0.2, 0.25) is 5.91 Å². The lowest BCUT2D eigenvalue weighted by atomic mass is 9.89. The smallest absolute Gasteiger partial charge is 0.242 e. The number of aromatic nitrogens is 1. The van der Waals surface area contributed by atoms with E-state index in [2.05, 4.69) is 0 Å². The molecule has 3 heterocycles. The van der Waals surface area contributed by atoms with Gasteiger partial charge in [0.05, 0.1) is 11.8 Å². The molecular weight excluding hydrogens is 374 g/mol. The lowest BCUT2D eigenvalue weighted by Gasteiger charge is -2.32. The molecule has 1 saturated heterocycles. The summed E-state index contributed by atoms with van der Waals surface area (Å²) in [5.41, 5.74) is 2.37. The maximum Gasteiger partial charge on any atom is 0.242 e. The van der Waals surface area contributed by atoms with Crippen LogP contribution in [0.4, 0.5) is 8.78 Å². The van der Waals surface area contributed by atoms with Crippen molar-refractivity contribution in [3.05, 3.63) is 72.1 Å². The number of hydrogen-bond acceptors (Lipinski definition) is 2. The first-order valence-electron chi connectivity index (χ1n) is 9.77. The molecule has 2 aromatic carbocycles. The summed E-state index contributed by atoms with van der Waals surface area (Å²) in [6.07, 6.45) is 5.20. The lowest BCUT2D eigenvalue weighted by Crippen LogP contribution is -2.39. The minimum atomic E-state index is -0.309. The predicted molar refractivity (Wildman–Crippen MR) is 107 cm³/mol. The van der Waals surface area contributed by atoms with Crippen molar-refractivity contribution < 1.29 is 18.0 Å². The van der Waals surface area contributed by atoms with Crippen LogP contribution in [0.3, 0.4) is 0 Å². The molecule has 29 heavy (non-hydrogen) atoms. The Morgan fingerprint density at radius 2 is 1.79 bits per heavy atom. The second-order valence-electron chi connectivity index (χ2n) is 7.63. The minimum Gasteiger partial charge on any atom is -0.464 e. The molecule has 1 amide bonds. The average molecular weight is 394 g/mol. The highest BCUT2D eigenvalue weighted by Crippen LogP contribution is 2.34. The van der Waals surface area contributed by atoms with Gasteiger partial charge in [-0.15, -0.1) is 0 Å². The molecule has 0 N–H and O–H groups in total. The molecule has 0 radical (unpaired) electrons. The zero-order valence-electron chi connectivity index (χ0n) is 15.8. The maximum atomic E-state index is 13.6. The summed E-state index contributed by atoms with van der Waals surface area (Å²) in [6.45, 7) is 1.52. The van der Waals surface area contributed by atoms with Gasteiger partial charge in [-0.1, -0.05) is 0 Å². The van der Waals surface area contributed by atoms with Gasteiger partial charge in [0.15, 0.2) is 0 Å². The van der Waals surface area contributed by atoms with Crippen LogP contribution in [0.5, 0.6) is 0 Å². The fraction of sp³-hybridized carbons (Fsp3) is 0.261. The van der Waals surface area contributed by atoms with Crippen LogP contribution in [-0.4, -0.2) is 28.5 Å². The third kappa shape index (κ3) is 3.28. The van der Waals surface area contributed by atoms with Crippen molar-refractivity contribution in [2.45, 2.75) is 25.3 Å². The fourth-order valence-corrected chi connectivity index (χ4v) is 4.32. The van der Waals surface area contributed by atoms with Crippen LogP contribution in [0, 0.1) is 11.6 Å². The largest absolute Gasteiger partial charge is 0.464 e. The van der Waals surface area contributed by atoms with Crippen molar-refractivity contribution in [1.82, 2.24) is 9.47 Å². The third-order valence-electron chi connectivity index (χ3n) is 5.90. The number of rotatable bonds is 3. The lowest BCUT2D eigenvalue weighted by molar-refractivity contribution is -0.132. The van der Waals surface area contributed by atoms with Crippen LogP contribution in [0.15, 0.2) is 59.3 Å². The van der Waals surface area contributed by atoms with E-state index in [9.17, 15) is 13.6 Å². The summed E-state index contributed by atoms with van der Waals surface area (Å²) >= 11 is 0. The molecule has 0 saturated carbocycles. The topological polar surface area (TPSA) is 38.4 Å². The molecule has 0 aliphatic carbocycles. The molecule has 1 fully saturated rings. The molecule has 1 aliphatic rings. The summed E-state index contributed by atoms with van der Waals surface area (Å²) < 4.78 is 34.3. The molecule has 0 bridgehead atoms. The molecule has 1 aliphatic heterocycles. The van der Waals surface area contributed by atoms with Crippen LogP contribution in [0.2, 0.25) is 0 Å². The summed E-state index contributed by atoms with van der Waals surface area (Å²) in [6, 6.07) is 11.1. The Balaban J connectivity index is 1.27. The standard InChI is InChI=1S/C23H20F2N2O2/c24-17-2-1-16-7-10-27(21(16)11-17)13-23(28)26-8-5-15(6-9-26)20-14-29-22-12-18(25)3-4-19(20)22/h1-4,7,10-12,14-15H,5-6,8-9,13H2. The number of carbonyl (C=O) groups is 1. The first-order valence-corrected chi connectivity index (χ1v) is 9.77. The number of carbonyl (C=O) groups excluding carboxylic acids is 1. The molecule has 5 rings (SSSR count). The number of fused-ring (bicyclic) bond motifs is 2. The number of hydrogen-bond donors (Lipinski definition) is 0. The Bertz CT molecular complexity index is 1200. The average Bonchev–Trinajstić information content (AvgIpc) is 3.32. The number of likely N-dealkylation sites (tertiary alicyclic amines) is 1. The highest BCUT2D eigenvalue weighted by atomic mass is 19.1. The Morgan fingerprint density at radius 1 is 1.03 bits per heavy atom. The van der Waals surface area contributed by atoms with E-state index >= 15 is 0 Å². The van der Waals surface area contributed by atoms with E-state index in [1.165, 1.54) is 24.3 Å². The SMILES string of the molecule is O=C(Cn1ccc2ccc(F)cc21)N1CCC(c2coc3cc(F)ccc23)CC1. The van der Waals surface area contributed by atoms with Gasteiger partial charge in [0.25, 0.3) is 0 Å². The molecule has 0 unspecified atom stereocenters. The molecular formula is C23H20F2N2O2. The number of piperidine rings is 1. The minimum absolute atomic E-state index is 0.0318. The van der Waals surface area contributed by atoms with Gasteiger partial charge in [0.1, 0.15) is 23.8 Å². The van der Waals surface area contributed by atoms with Crippen molar-refractivity contribution in [2.75, 3.05) is 13.1 Å². The highest BCUT2D eigenvalue weighted by Gasteiger charge is 2.26. The van der Waals surface area contributed by atoms with Crippen molar-refractivity contribution in [1.29, 1.82) is 0 Å². The van der Waals surface area contributed by atoms with E-state index in [1.807, 2.05) is 17.2 Å². The highest BCUT2D eigenvalue weighted by molar-refractivity contribution is 5.84. The quantitative estimate of drug-likeness (QED) is 0.487. The van der Waals surface area contributed by atoms with E-state index < -0.39 is 0 Å². The van der Waals surface area contributed by atoms with Crippen molar-refractivity contribution in [3.63, 3.8) is 0 Å². The van der Waals surface area contributed by atoms with Gasteiger partial charge in [0, 0.05) is 36.3 Å². The molecule has 4 aromatic rings. The van der Waals surface area contributed by atoms with Gasteiger partial charge < -0.3 is 13.9 Å². The number of nitrogens with zero attached hydrogens (tertiary/aromatic N) is 2. The van der Waals surface area contributed by atoms with Crippen LogP contribution in [0.1, 0.15) is 24.3 Å². The number of halogens is 2. The molecule has 2 aromatic heterocycles. The van der Waals surface area contributed by atoms with E-state index in [1.54, 1.807) is 23.0 Å². The molecule has 0 atom stereocenters. The van der Waals surface area contributed by atoms with E-state index in [0.717, 1.165) is 34.7 Å². The monoisotopic (exact) mass is 394 g/mol. The maximum absolute atomic E-state index is 13.6. The Kier molecular flexibility index (Phi) is 4.34. The second kappa shape index (κ2) is 7.03. The molecule has 4 nitrogen and oxygen atoms in total. The summed E-state index contributed by atoms with van der Waals surface area (Å²) in [5.74, 6) is -0.300. The van der Waals surface area contributed by atoms with Crippen LogP contribution < -0.4 is 0 Å². The molecule has 0 spiro atoms. The van der Waals surface area contributed by atoms with Crippen LogP contribution >= 0.6 is 0 Å². The Labute approximate surface area is 166 Å². The van der Waals surface area contributed by atoms with Gasteiger partial charge in [-0.2, -0.15) is 0 Å². The number of benzene rings is 2. The third-order valence-corrected chi connectivity index (χ3v) is 5.90. The van der Waals surface area contributed by atoms with Gasteiger partial charge in [-0.3, -0.25) is 4.79 Å². The van der Waals surface area contributed by atoms with Gasteiger partial charge >= 0.3 is 0 Å². The van der Waals surface area contributed by atoms with Crippen molar-refractivity contribution >= 4 is 27.8 Å². The van der Waals surface area contributed by atoms with E-state index in [4.69, 9.17) is 4.42 Å². The Hall–Kier alpha value is -3.15. The normalized spacial score (nSPS) is 15.4.